The molecule has 2 heterocycles. The molecule has 4 nitrogen and oxygen atoms in total. The van der Waals surface area contributed by atoms with E-state index in [9.17, 15) is 0 Å². The molecule has 0 spiro atoms. The van der Waals surface area contributed by atoms with E-state index >= 15 is 0 Å². The highest BCUT2D eigenvalue weighted by Crippen LogP contribution is 2.18. The van der Waals surface area contributed by atoms with E-state index in [1.165, 1.54) is 0 Å². The van der Waals surface area contributed by atoms with E-state index < -0.39 is 0 Å². The highest BCUT2D eigenvalue weighted by Gasteiger charge is 2.07. The fourth-order valence-corrected chi connectivity index (χ4v) is 1.08. The normalized spacial score (nSPS) is 10.5. The second kappa shape index (κ2) is 3.45. The highest BCUT2D eigenvalue weighted by atomic mass is 16.4. The van der Waals surface area contributed by atoms with E-state index in [2.05, 4.69) is 4.98 Å². The molecular weight excluding hydrogens is 168 g/mol. The van der Waals surface area contributed by atoms with Crippen LogP contribution < -0.4 is 5.73 Å². The van der Waals surface area contributed by atoms with Gasteiger partial charge >= 0.3 is 0 Å². The predicted molar refractivity (Wildman–Crippen MR) is 47.0 cm³/mol. The van der Waals surface area contributed by atoms with E-state index in [1.54, 1.807) is 24.7 Å². The van der Waals surface area contributed by atoms with Gasteiger partial charge in [-0.3, -0.25) is 0 Å². The van der Waals surface area contributed by atoms with Crippen LogP contribution >= 0.6 is 0 Å². The summed E-state index contributed by atoms with van der Waals surface area (Å²) in [5.74, 6) is 1.15. The third-order valence-corrected chi connectivity index (χ3v) is 1.68. The lowest BCUT2D eigenvalue weighted by atomic mass is 10.3. The predicted octanol–water partition coefficient (Wildman–Crippen LogP) is 1.44. The summed E-state index contributed by atoms with van der Waals surface area (Å²) in [6.45, 7) is 0.574. The monoisotopic (exact) mass is 178 g/mol. The second-order valence-corrected chi connectivity index (χ2v) is 2.66. The zero-order chi connectivity index (χ0) is 9.10. The van der Waals surface area contributed by atoms with Gasteiger partial charge in [0.2, 0.25) is 0 Å². The van der Waals surface area contributed by atoms with Crippen LogP contribution in [0.25, 0.3) is 11.7 Å². The van der Waals surface area contributed by atoms with Crippen molar-refractivity contribution in [1.29, 1.82) is 0 Å². The molecule has 0 atom stereocenters. The number of hydrogen-bond donors (Lipinski definition) is 1. The summed E-state index contributed by atoms with van der Waals surface area (Å²) in [4.78, 5) is 4.20. The third-order valence-electron chi connectivity index (χ3n) is 1.68. The van der Waals surface area contributed by atoms with Gasteiger partial charge in [0.15, 0.2) is 5.76 Å². The summed E-state index contributed by atoms with van der Waals surface area (Å²) >= 11 is 0. The van der Waals surface area contributed by atoms with Crippen molar-refractivity contribution in [1.82, 2.24) is 4.98 Å². The van der Waals surface area contributed by atoms with Crippen LogP contribution in [0, 0.1) is 0 Å². The average molecular weight is 178 g/mol. The van der Waals surface area contributed by atoms with Crippen molar-refractivity contribution in [2.45, 2.75) is 6.42 Å². The van der Waals surface area contributed by atoms with Crippen LogP contribution in [0.15, 0.2) is 33.5 Å². The van der Waals surface area contributed by atoms with Gasteiger partial charge in [-0.05, 0) is 18.7 Å². The maximum absolute atomic E-state index is 5.38. The number of rotatable bonds is 3. The average Bonchev–Trinajstić information content (AvgIpc) is 2.70. The van der Waals surface area contributed by atoms with Gasteiger partial charge in [-0.1, -0.05) is 0 Å². The molecule has 0 saturated heterocycles. The minimum absolute atomic E-state index is 0.508. The zero-order valence-corrected chi connectivity index (χ0v) is 7.06. The molecule has 0 unspecified atom stereocenters. The maximum Gasteiger partial charge on any atom is 0.262 e. The molecule has 2 rings (SSSR count). The number of nitrogens with zero attached hydrogens (tertiary/aromatic N) is 1. The molecule has 0 bridgehead atoms. The Labute approximate surface area is 75.4 Å². The number of oxazole rings is 1. The van der Waals surface area contributed by atoms with Crippen molar-refractivity contribution in [3.05, 3.63) is 30.4 Å². The van der Waals surface area contributed by atoms with Crippen molar-refractivity contribution in [3.63, 3.8) is 0 Å². The van der Waals surface area contributed by atoms with E-state index in [-0.39, 0.29) is 0 Å². The molecule has 2 aromatic heterocycles. The largest absolute Gasteiger partial charge is 0.459 e. The van der Waals surface area contributed by atoms with Crippen LogP contribution in [0.3, 0.4) is 0 Å². The molecule has 0 saturated carbocycles. The molecular formula is C9H10N2O2. The molecule has 2 N–H and O–H groups in total. The number of furan rings is 1. The lowest BCUT2D eigenvalue weighted by Gasteiger charge is -1.86. The van der Waals surface area contributed by atoms with Gasteiger partial charge in [-0.15, -0.1) is 0 Å². The fraction of sp³-hybridized carbons (Fsp3) is 0.222. The number of aromatic nitrogens is 1. The summed E-state index contributed by atoms with van der Waals surface area (Å²) in [6, 6.07) is 3.60. The molecule has 0 aliphatic carbocycles. The maximum atomic E-state index is 5.38. The minimum Gasteiger partial charge on any atom is -0.459 e. The van der Waals surface area contributed by atoms with Crippen LogP contribution in [-0.4, -0.2) is 11.5 Å². The Hall–Kier alpha value is -1.55. The van der Waals surface area contributed by atoms with Gasteiger partial charge in [0.1, 0.15) is 6.26 Å². The van der Waals surface area contributed by atoms with Crippen LogP contribution in [0.2, 0.25) is 0 Å². The Morgan fingerprint density at radius 3 is 3.00 bits per heavy atom. The van der Waals surface area contributed by atoms with Gasteiger partial charge in [0.25, 0.3) is 5.89 Å². The van der Waals surface area contributed by atoms with Crippen molar-refractivity contribution in [2.24, 2.45) is 5.73 Å². The van der Waals surface area contributed by atoms with Gasteiger partial charge in [-0.2, -0.15) is 0 Å². The first kappa shape index (κ1) is 8.07. The first-order valence-electron chi connectivity index (χ1n) is 4.08. The van der Waals surface area contributed by atoms with Crippen LogP contribution in [-0.2, 0) is 6.42 Å². The second-order valence-electron chi connectivity index (χ2n) is 2.66. The smallest absolute Gasteiger partial charge is 0.262 e. The molecule has 0 aliphatic rings. The molecule has 2 aromatic rings. The van der Waals surface area contributed by atoms with E-state index in [0.29, 0.717) is 18.2 Å². The van der Waals surface area contributed by atoms with Crippen molar-refractivity contribution < 1.29 is 8.83 Å². The fourth-order valence-electron chi connectivity index (χ4n) is 1.08. The zero-order valence-electron chi connectivity index (χ0n) is 7.06. The highest BCUT2D eigenvalue weighted by molar-refractivity contribution is 5.43. The van der Waals surface area contributed by atoms with Crippen molar-refractivity contribution in [3.8, 4) is 11.7 Å². The lowest BCUT2D eigenvalue weighted by molar-refractivity contribution is 0.517. The quantitative estimate of drug-likeness (QED) is 0.772. The number of nitrogens with two attached hydrogens (primary N) is 1. The Kier molecular flexibility index (Phi) is 2.14. The molecule has 0 radical (unpaired) electrons. The molecule has 0 amide bonds. The van der Waals surface area contributed by atoms with Crippen LogP contribution in [0.1, 0.15) is 5.69 Å². The van der Waals surface area contributed by atoms with E-state index in [1.807, 2.05) is 0 Å². The Morgan fingerprint density at radius 2 is 2.31 bits per heavy atom. The minimum atomic E-state index is 0.508. The summed E-state index contributed by atoms with van der Waals surface area (Å²) in [7, 11) is 0. The first-order chi connectivity index (χ1) is 6.40. The van der Waals surface area contributed by atoms with Crippen LogP contribution in [0.4, 0.5) is 0 Å². The topological polar surface area (TPSA) is 65.2 Å². The Morgan fingerprint density at radius 1 is 1.38 bits per heavy atom. The van der Waals surface area contributed by atoms with Gasteiger partial charge < -0.3 is 14.6 Å². The summed E-state index contributed by atoms with van der Waals surface area (Å²) in [6.07, 6.45) is 3.91. The SMILES string of the molecule is NCCc1coc(-c2ccco2)n1. The van der Waals surface area contributed by atoms with Crippen molar-refractivity contribution >= 4 is 0 Å². The molecule has 0 fully saturated rings. The van der Waals surface area contributed by atoms with Gasteiger partial charge in [0, 0.05) is 6.42 Å². The standard InChI is InChI=1S/C9H10N2O2/c10-4-3-7-6-13-9(11-7)8-2-1-5-12-8/h1-2,5-6H,3-4,10H2. The van der Waals surface area contributed by atoms with Gasteiger partial charge in [0.05, 0.1) is 12.0 Å². The van der Waals surface area contributed by atoms with E-state index in [4.69, 9.17) is 14.6 Å². The van der Waals surface area contributed by atoms with E-state index in [0.717, 1.165) is 12.1 Å². The van der Waals surface area contributed by atoms with Crippen molar-refractivity contribution in [2.75, 3.05) is 6.54 Å². The molecule has 4 heteroatoms. The summed E-state index contributed by atoms with van der Waals surface area (Å²) < 4.78 is 10.3. The van der Waals surface area contributed by atoms with Crippen LogP contribution in [0.5, 0.6) is 0 Å². The lowest BCUT2D eigenvalue weighted by Crippen LogP contribution is -2.02. The Balaban J connectivity index is 2.23. The first-order valence-corrected chi connectivity index (χ1v) is 4.08. The number of hydrogen-bond acceptors (Lipinski definition) is 4. The third kappa shape index (κ3) is 1.62. The van der Waals surface area contributed by atoms with Gasteiger partial charge in [-0.25, -0.2) is 4.98 Å². The summed E-state index contributed by atoms with van der Waals surface area (Å²) in [5.41, 5.74) is 6.24. The molecule has 0 aromatic carbocycles. The molecule has 13 heavy (non-hydrogen) atoms. The molecule has 68 valence electrons. The Bertz CT molecular complexity index is 365. The molecule has 0 aliphatic heterocycles. The summed E-state index contributed by atoms with van der Waals surface area (Å²) in [5, 5.41) is 0.